The van der Waals surface area contributed by atoms with Gasteiger partial charge in [0.25, 0.3) is 0 Å². The van der Waals surface area contributed by atoms with E-state index >= 15 is 0 Å². The van der Waals surface area contributed by atoms with Gasteiger partial charge >= 0.3 is 0 Å². The fourth-order valence-corrected chi connectivity index (χ4v) is 2.95. The molecule has 0 saturated carbocycles. The molecule has 1 amide bonds. The van der Waals surface area contributed by atoms with E-state index < -0.39 is 0 Å². The van der Waals surface area contributed by atoms with Crippen LogP contribution >= 0.6 is 11.6 Å². The predicted octanol–water partition coefficient (Wildman–Crippen LogP) is 4.19. The Balaban J connectivity index is 1.94. The van der Waals surface area contributed by atoms with E-state index in [-0.39, 0.29) is 11.3 Å². The molecule has 0 radical (unpaired) electrons. The van der Waals surface area contributed by atoms with Crippen LogP contribution in [0, 0.1) is 6.92 Å². The quantitative estimate of drug-likeness (QED) is 0.842. The number of nitrogens with one attached hydrogen (secondary N) is 1. The number of rotatable bonds is 2. The molecule has 4 heteroatoms. The van der Waals surface area contributed by atoms with E-state index in [1.165, 1.54) is 0 Å². The first-order valence-corrected chi connectivity index (χ1v) is 7.19. The summed E-state index contributed by atoms with van der Waals surface area (Å²) in [5.41, 5.74) is 4.08. The lowest BCUT2D eigenvalue weighted by Crippen LogP contribution is -2.09. The topological polar surface area (TPSA) is 42.2 Å². The molecule has 0 spiro atoms. The van der Waals surface area contributed by atoms with Gasteiger partial charge in [0, 0.05) is 17.7 Å². The molecule has 2 aromatic rings. The van der Waals surface area contributed by atoms with Crippen LogP contribution in [-0.4, -0.2) is 5.91 Å². The van der Waals surface area contributed by atoms with Gasteiger partial charge in [0.05, 0.1) is 11.6 Å². The van der Waals surface area contributed by atoms with Gasteiger partial charge in [-0.25, -0.2) is 0 Å². The van der Waals surface area contributed by atoms with Crippen LogP contribution < -0.4 is 5.32 Å². The van der Waals surface area contributed by atoms with Gasteiger partial charge in [-0.05, 0) is 43.0 Å². The van der Waals surface area contributed by atoms with Crippen LogP contribution in [0.15, 0.2) is 34.9 Å². The number of hydrogen-bond donors (Lipinski definition) is 1. The van der Waals surface area contributed by atoms with E-state index in [1.54, 1.807) is 6.26 Å². The second kappa shape index (κ2) is 5.33. The molecule has 1 N–H and O–H groups in total. The van der Waals surface area contributed by atoms with Crippen molar-refractivity contribution in [1.82, 2.24) is 0 Å². The average molecular weight is 290 g/mol. The van der Waals surface area contributed by atoms with Crippen molar-refractivity contribution in [1.29, 1.82) is 0 Å². The maximum absolute atomic E-state index is 11.5. The third-order valence-electron chi connectivity index (χ3n) is 3.72. The first kappa shape index (κ1) is 13.3. The third-order valence-corrected chi connectivity index (χ3v) is 4.21. The zero-order chi connectivity index (χ0) is 14.1. The first-order chi connectivity index (χ1) is 9.65. The van der Waals surface area contributed by atoms with Gasteiger partial charge in [-0.3, -0.25) is 4.79 Å². The molecule has 1 aromatic heterocycles. The highest BCUT2D eigenvalue weighted by Gasteiger charge is 2.18. The number of carbonyl (C=O) groups is 1. The van der Waals surface area contributed by atoms with E-state index in [2.05, 4.69) is 11.4 Å². The van der Waals surface area contributed by atoms with Gasteiger partial charge in [-0.15, -0.1) is 11.6 Å². The van der Waals surface area contributed by atoms with Crippen molar-refractivity contribution in [3.05, 3.63) is 53.0 Å². The molecule has 1 unspecified atom stereocenters. The molecule has 0 aliphatic carbocycles. The first-order valence-electron chi connectivity index (χ1n) is 6.76. The zero-order valence-corrected chi connectivity index (χ0v) is 12.0. The smallest absolute Gasteiger partial charge is 0.224 e. The number of amides is 1. The van der Waals surface area contributed by atoms with Crippen molar-refractivity contribution < 1.29 is 9.21 Å². The zero-order valence-electron chi connectivity index (χ0n) is 11.3. The molecular formula is C16H16ClNO2. The highest BCUT2D eigenvalue weighted by molar-refractivity contribution is 6.22. The standard InChI is InChI=1S/C16H16ClNO2/c1-10-13(7-8-20-10)16(17)12-5-6-14-11(9-12)3-2-4-15(19)18-14/h5-9,16H,2-4H2,1H3,(H,18,19). The van der Waals surface area contributed by atoms with Crippen molar-refractivity contribution in [3.63, 3.8) is 0 Å². The number of alkyl halides is 1. The minimum atomic E-state index is -0.224. The summed E-state index contributed by atoms with van der Waals surface area (Å²) in [6.45, 7) is 1.91. The highest BCUT2D eigenvalue weighted by atomic mass is 35.5. The maximum atomic E-state index is 11.5. The van der Waals surface area contributed by atoms with E-state index in [0.717, 1.165) is 41.0 Å². The van der Waals surface area contributed by atoms with E-state index in [0.29, 0.717) is 6.42 Å². The lowest BCUT2D eigenvalue weighted by molar-refractivity contribution is -0.116. The van der Waals surface area contributed by atoms with Crippen LogP contribution in [0.4, 0.5) is 5.69 Å². The molecule has 0 saturated heterocycles. The number of fused-ring (bicyclic) bond motifs is 1. The molecule has 1 aliphatic rings. The summed E-state index contributed by atoms with van der Waals surface area (Å²) in [4.78, 5) is 11.5. The van der Waals surface area contributed by atoms with Crippen molar-refractivity contribution in [2.24, 2.45) is 0 Å². The van der Waals surface area contributed by atoms with Crippen molar-refractivity contribution >= 4 is 23.2 Å². The summed E-state index contributed by atoms with van der Waals surface area (Å²) in [5.74, 6) is 0.929. The van der Waals surface area contributed by atoms with E-state index in [4.69, 9.17) is 16.0 Å². The Kier molecular flexibility index (Phi) is 3.53. The largest absolute Gasteiger partial charge is 0.469 e. The van der Waals surface area contributed by atoms with Crippen LogP contribution in [-0.2, 0) is 11.2 Å². The number of anilines is 1. The van der Waals surface area contributed by atoms with Gasteiger partial charge in [0.1, 0.15) is 5.76 Å². The monoisotopic (exact) mass is 289 g/mol. The normalized spacial score (nSPS) is 16.2. The van der Waals surface area contributed by atoms with E-state index in [9.17, 15) is 4.79 Å². The molecule has 20 heavy (non-hydrogen) atoms. The fraction of sp³-hybridized carbons (Fsp3) is 0.312. The number of hydrogen-bond acceptors (Lipinski definition) is 2. The predicted molar refractivity (Wildman–Crippen MR) is 79.2 cm³/mol. The third kappa shape index (κ3) is 2.46. The average Bonchev–Trinajstić information content (AvgIpc) is 2.76. The van der Waals surface area contributed by atoms with Crippen LogP contribution in [0.3, 0.4) is 0 Å². The van der Waals surface area contributed by atoms with Gasteiger partial charge in [0.2, 0.25) is 5.91 Å². The molecule has 3 nitrogen and oxygen atoms in total. The lowest BCUT2D eigenvalue weighted by Gasteiger charge is -2.13. The molecule has 1 aromatic carbocycles. The summed E-state index contributed by atoms with van der Waals surface area (Å²) < 4.78 is 5.31. The van der Waals surface area contributed by atoms with Crippen LogP contribution in [0.2, 0.25) is 0 Å². The number of halogens is 1. The molecule has 3 rings (SSSR count). The van der Waals surface area contributed by atoms with Crippen LogP contribution in [0.1, 0.15) is 40.7 Å². The van der Waals surface area contributed by atoms with Gasteiger partial charge in [0.15, 0.2) is 0 Å². The van der Waals surface area contributed by atoms with Crippen LogP contribution in [0.25, 0.3) is 0 Å². The summed E-state index contributed by atoms with van der Waals surface area (Å²) in [7, 11) is 0. The molecule has 1 aliphatic heterocycles. The summed E-state index contributed by atoms with van der Waals surface area (Å²) >= 11 is 6.54. The van der Waals surface area contributed by atoms with Gasteiger partial charge in [-0.1, -0.05) is 12.1 Å². The van der Waals surface area contributed by atoms with Gasteiger partial charge < -0.3 is 9.73 Å². The summed E-state index contributed by atoms with van der Waals surface area (Å²) in [5, 5.41) is 2.71. The van der Waals surface area contributed by atoms with Crippen molar-refractivity contribution in [3.8, 4) is 0 Å². The number of furan rings is 1. The Morgan fingerprint density at radius 1 is 1.30 bits per heavy atom. The second-order valence-electron chi connectivity index (χ2n) is 5.11. The Morgan fingerprint density at radius 3 is 2.90 bits per heavy atom. The second-order valence-corrected chi connectivity index (χ2v) is 5.55. The SMILES string of the molecule is Cc1occc1C(Cl)c1ccc2c(c1)CCCC(=O)N2. The number of carbonyl (C=O) groups excluding carboxylic acids is 1. The van der Waals surface area contributed by atoms with Crippen molar-refractivity contribution in [2.75, 3.05) is 5.32 Å². The molecule has 104 valence electrons. The Hall–Kier alpha value is -1.74. The van der Waals surface area contributed by atoms with E-state index in [1.807, 2.05) is 25.1 Å². The Labute approximate surface area is 122 Å². The Morgan fingerprint density at radius 2 is 2.15 bits per heavy atom. The minimum absolute atomic E-state index is 0.0876. The molecular weight excluding hydrogens is 274 g/mol. The lowest BCUT2D eigenvalue weighted by atomic mass is 9.99. The molecule has 0 bridgehead atoms. The van der Waals surface area contributed by atoms with Gasteiger partial charge in [-0.2, -0.15) is 0 Å². The summed E-state index contributed by atoms with van der Waals surface area (Å²) in [6.07, 6.45) is 4.01. The molecule has 1 atom stereocenters. The highest BCUT2D eigenvalue weighted by Crippen LogP contribution is 2.34. The number of benzene rings is 1. The maximum Gasteiger partial charge on any atom is 0.224 e. The Bertz CT molecular complexity index is 648. The van der Waals surface area contributed by atoms with Crippen LogP contribution in [0.5, 0.6) is 0 Å². The summed E-state index contributed by atoms with van der Waals surface area (Å²) in [6, 6.07) is 7.90. The molecule has 2 heterocycles. The number of aryl methyl sites for hydroxylation is 2. The molecule has 0 fully saturated rings. The van der Waals surface area contributed by atoms with Crippen molar-refractivity contribution in [2.45, 2.75) is 31.6 Å². The fourth-order valence-electron chi connectivity index (χ4n) is 2.59. The minimum Gasteiger partial charge on any atom is -0.469 e.